The fourth-order valence-electron chi connectivity index (χ4n) is 3.36. The minimum Gasteiger partial charge on any atom is -0.373 e. The molecule has 2 saturated heterocycles. The number of nitrogens with one attached hydrogen (secondary N) is 2. The summed E-state index contributed by atoms with van der Waals surface area (Å²) in [6.45, 7) is 1.91. The summed E-state index contributed by atoms with van der Waals surface area (Å²) in [4.78, 5) is 25.0. The lowest BCUT2D eigenvalue weighted by Gasteiger charge is -2.19. The van der Waals surface area contributed by atoms with Gasteiger partial charge in [-0.25, -0.2) is 0 Å². The number of amides is 2. The van der Waals surface area contributed by atoms with E-state index in [1.807, 2.05) is 13.0 Å². The second kappa shape index (κ2) is 5.35. The van der Waals surface area contributed by atoms with Gasteiger partial charge < -0.3 is 15.4 Å². The van der Waals surface area contributed by atoms with Crippen LogP contribution in [0.25, 0.3) is 0 Å². The molecule has 1 aliphatic carbocycles. The van der Waals surface area contributed by atoms with E-state index in [2.05, 4.69) is 10.6 Å². The van der Waals surface area contributed by atoms with Crippen LogP contribution in [0.2, 0.25) is 0 Å². The summed E-state index contributed by atoms with van der Waals surface area (Å²) < 4.78 is 5.77. The highest BCUT2D eigenvalue weighted by atomic mass is 32.1. The summed E-state index contributed by atoms with van der Waals surface area (Å²) in [7, 11) is 0. The number of hydrogen-bond donors (Lipinski definition) is 2. The molecule has 6 heteroatoms. The average Bonchev–Trinajstić information content (AvgIpc) is 2.98. The normalized spacial score (nSPS) is 29.6. The lowest BCUT2D eigenvalue weighted by molar-refractivity contribution is -0.117. The van der Waals surface area contributed by atoms with Gasteiger partial charge in [-0.1, -0.05) is 0 Å². The first kappa shape index (κ1) is 14.2. The molecule has 1 aromatic rings. The lowest BCUT2D eigenvalue weighted by Crippen LogP contribution is -2.41. The Morgan fingerprint density at radius 3 is 2.73 bits per heavy atom. The Balaban J connectivity index is 1.41. The van der Waals surface area contributed by atoms with Crippen molar-refractivity contribution in [3.63, 3.8) is 0 Å². The zero-order chi connectivity index (χ0) is 15.3. The third-order valence-corrected chi connectivity index (χ3v) is 5.89. The molecule has 118 valence electrons. The summed E-state index contributed by atoms with van der Waals surface area (Å²) in [5.41, 5.74) is 0.915. The SMILES string of the molecule is Cc1cc(NC(=O)C2CC2)sc1C(=O)N[C@H]1C[C@H]2CC[C@H]1O2. The standard InChI is InChI=1S/C16H20N2O3S/c1-8-6-13(18-15(19)9-2-3-9)22-14(8)16(20)17-11-7-10-4-5-12(11)21-10/h6,9-12H,2-5,7H2,1H3,(H,17,20)(H,18,19)/t10-,11+,12-/m1/s1. The highest BCUT2D eigenvalue weighted by molar-refractivity contribution is 7.18. The number of rotatable bonds is 4. The van der Waals surface area contributed by atoms with E-state index < -0.39 is 0 Å². The molecule has 1 aromatic heterocycles. The maximum Gasteiger partial charge on any atom is 0.262 e. The van der Waals surface area contributed by atoms with Crippen molar-refractivity contribution < 1.29 is 14.3 Å². The van der Waals surface area contributed by atoms with Gasteiger partial charge >= 0.3 is 0 Å². The summed E-state index contributed by atoms with van der Waals surface area (Å²) in [5, 5.41) is 6.79. The van der Waals surface area contributed by atoms with Crippen molar-refractivity contribution in [2.45, 2.75) is 57.3 Å². The number of carbonyl (C=O) groups excluding carboxylic acids is 2. The molecular formula is C16H20N2O3S. The third-order valence-electron chi connectivity index (χ3n) is 4.74. The summed E-state index contributed by atoms with van der Waals surface area (Å²) in [6, 6.07) is 2.02. The minimum absolute atomic E-state index is 0.0458. The van der Waals surface area contributed by atoms with Crippen LogP contribution in [-0.4, -0.2) is 30.1 Å². The van der Waals surface area contributed by atoms with E-state index in [1.165, 1.54) is 11.3 Å². The van der Waals surface area contributed by atoms with Crippen LogP contribution < -0.4 is 10.6 Å². The third kappa shape index (κ3) is 2.65. The van der Waals surface area contributed by atoms with Gasteiger partial charge in [-0.2, -0.15) is 0 Å². The van der Waals surface area contributed by atoms with Crippen molar-refractivity contribution in [3.05, 3.63) is 16.5 Å². The molecule has 5 nitrogen and oxygen atoms in total. The highest BCUT2D eigenvalue weighted by Crippen LogP contribution is 2.35. The van der Waals surface area contributed by atoms with E-state index >= 15 is 0 Å². The number of anilines is 1. The zero-order valence-corrected chi connectivity index (χ0v) is 13.4. The fourth-order valence-corrected chi connectivity index (χ4v) is 4.34. The number of ether oxygens (including phenoxy) is 1. The van der Waals surface area contributed by atoms with Gasteiger partial charge in [0.05, 0.1) is 28.1 Å². The molecule has 3 atom stereocenters. The number of hydrogen-bond acceptors (Lipinski definition) is 4. The summed E-state index contributed by atoms with van der Waals surface area (Å²) in [6.07, 6.45) is 5.55. The van der Waals surface area contributed by atoms with Crippen molar-refractivity contribution in [1.29, 1.82) is 0 Å². The molecule has 0 spiro atoms. The lowest BCUT2D eigenvalue weighted by atomic mass is 9.95. The van der Waals surface area contributed by atoms with Crippen LogP contribution in [0.5, 0.6) is 0 Å². The van der Waals surface area contributed by atoms with Gasteiger partial charge in [0.2, 0.25) is 5.91 Å². The molecule has 4 rings (SSSR count). The minimum atomic E-state index is -0.0458. The van der Waals surface area contributed by atoms with Gasteiger partial charge in [0.25, 0.3) is 5.91 Å². The number of carbonyl (C=O) groups is 2. The Morgan fingerprint density at radius 1 is 1.27 bits per heavy atom. The monoisotopic (exact) mass is 320 g/mol. The van der Waals surface area contributed by atoms with Crippen LogP contribution in [0, 0.1) is 12.8 Å². The molecule has 2 N–H and O–H groups in total. The van der Waals surface area contributed by atoms with Gasteiger partial charge in [-0.05, 0) is 50.7 Å². The Bertz CT molecular complexity index is 623. The second-order valence-electron chi connectivity index (χ2n) is 6.58. The van der Waals surface area contributed by atoms with Gasteiger partial charge in [-0.3, -0.25) is 9.59 Å². The molecule has 22 heavy (non-hydrogen) atoms. The first-order valence-electron chi connectivity index (χ1n) is 7.98. The molecule has 2 amide bonds. The van der Waals surface area contributed by atoms with E-state index in [-0.39, 0.29) is 29.9 Å². The zero-order valence-electron chi connectivity index (χ0n) is 12.6. The van der Waals surface area contributed by atoms with E-state index in [0.717, 1.165) is 42.7 Å². The molecule has 0 unspecified atom stereocenters. The largest absolute Gasteiger partial charge is 0.373 e. The smallest absolute Gasteiger partial charge is 0.262 e. The molecular weight excluding hydrogens is 300 g/mol. The number of aryl methyl sites for hydroxylation is 1. The highest BCUT2D eigenvalue weighted by Gasteiger charge is 2.41. The van der Waals surface area contributed by atoms with Crippen molar-refractivity contribution >= 4 is 28.2 Å². The van der Waals surface area contributed by atoms with E-state index in [0.29, 0.717) is 11.0 Å². The molecule has 3 fully saturated rings. The van der Waals surface area contributed by atoms with Crippen molar-refractivity contribution in [3.8, 4) is 0 Å². The first-order valence-corrected chi connectivity index (χ1v) is 8.79. The topological polar surface area (TPSA) is 67.4 Å². The number of thiophene rings is 1. The van der Waals surface area contributed by atoms with Gasteiger partial charge in [0.1, 0.15) is 0 Å². The van der Waals surface area contributed by atoms with Crippen LogP contribution in [-0.2, 0) is 9.53 Å². The van der Waals surface area contributed by atoms with Crippen LogP contribution in [0.15, 0.2) is 6.07 Å². The van der Waals surface area contributed by atoms with Crippen molar-refractivity contribution in [2.24, 2.45) is 5.92 Å². The van der Waals surface area contributed by atoms with Crippen molar-refractivity contribution in [1.82, 2.24) is 5.32 Å². The maximum atomic E-state index is 12.5. The predicted molar refractivity (Wildman–Crippen MR) is 84.2 cm³/mol. The summed E-state index contributed by atoms with van der Waals surface area (Å²) >= 11 is 1.36. The first-order chi connectivity index (χ1) is 10.6. The van der Waals surface area contributed by atoms with Crippen molar-refractivity contribution in [2.75, 3.05) is 5.32 Å². The Kier molecular flexibility index (Phi) is 3.46. The Labute approximate surface area is 133 Å². The Hall–Kier alpha value is -1.40. The van der Waals surface area contributed by atoms with Gasteiger partial charge in [-0.15, -0.1) is 11.3 Å². The molecule has 2 bridgehead atoms. The van der Waals surface area contributed by atoms with Crippen LogP contribution >= 0.6 is 11.3 Å². The fraction of sp³-hybridized carbons (Fsp3) is 0.625. The van der Waals surface area contributed by atoms with Gasteiger partial charge in [0, 0.05) is 5.92 Å². The van der Waals surface area contributed by atoms with Gasteiger partial charge in [0.15, 0.2) is 0 Å². The quantitative estimate of drug-likeness (QED) is 0.895. The number of fused-ring (bicyclic) bond motifs is 2. The van der Waals surface area contributed by atoms with E-state index in [9.17, 15) is 9.59 Å². The average molecular weight is 320 g/mol. The Morgan fingerprint density at radius 2 is 2.09 bits per heavy atom. The molecule has 0 radical (unpaired) electrons. The second-order valence-corrected chi connectivity index (χ2v) is 7.63. The van der Waals surface area contributed by atoms with Crippen LogP contribution in [0.1, 0.15) is 47.3 Å². The van der Waals surface area contributed by atoms with Crippen LogP contribution in [0.4, 0.5) is 5.00 Å². The predicted octanol–water partition coefficient (Wildman–Crippen LogP) is 2.45. The molecule has 0 aromatic carbocycles. The molecule has 2 aliphatic heterocycles. The molecule has 1 saturated carbocycles. The van der Waals surface area contributed by atoms with E-state index in [1.54, 1.807) is 0 Å². The molecule has 3 aliphatic rings. The molecule has 3 heterocycles. The summed E-state index contributed by atoms with van der Waals surface area (Å²) in [5.74, 6) is 0.205. The maximum absolute atomic E-state index is 12.5. The van der Waals surface area contributed by atoms with E-state index in [4.69, 9.17) is 4.74 Å². The van der Waals surface area contributed by atoms with Crippen LogP contribution in [0.3, 0.4) is 0 Å².